The third-order valence-electron chi connectivity index (χ3n) is 16.1. The van der Waals surface area contributed by atoms with Crippen molar-refractivity contribution >= 4 is 99.5 Å². The molecular weight excluding hydrogens is 1260 g/mol. The van der Waals surface area contributed by atoms with Crippen molar-refractivity contribution < 1.29 is 82.6 Å². The van der Waals surface area contributed by atoms with E-state index in [1.54, 1.807) is 23.8 Å². The monoisotopic (exact) mass is 1360 g/mol. The molecule has 0 spiro atoms. The number of aliphatic carboxylic acids is 3. The molecule has 86 heavy (non-hydrogen) atoms. The average molecular weight is 1360 g/mol. The lowest BCUT2D eigenvalue weighted by molar-refractivity contribution is -0.148. The molecule has 16 atom stereocenters. The zero-order chi connectivity index (χ0) is 66.2. The summed E-state index contributed by atoms with van der Waals surface area (Å²) in [6, 6.07) is -9.51. The molecule has 1 saturated heterocycles. The predicted molar refractivity (Wildman–Crippen MR) is 331 cm³/mol. The standard InChI is InChI=1S/C57H101IN10O17S/c1-17-31(8)47(67(14)55(81)44(29(4)5)64-54(80)46(30(6)7)66(13)32(9)18-2)39(84-15)25-41(70)68-24-20-21-38(68)48(85-16)33(10)49(75)65-45(34(11)69)53(79)61-35(22-23-42(71)72)51(77)63-37(56(82)83)28-60-50(76)36(27-59)62-52(78)40(26-43(73)74)86-57(12,58)19-3/h29-40,44-48,69H,17-28,59H2,1-16H3,(H,60,76)(H,61,79)(H,62,78)(H,63,77)(H,64,80)(H,65,75)(H,71,72)(H,73,74)(H,82,83)/t31-,32?,33+,34?,35-,36-,37-,38-,39+,40?,44-,45-,46-,47-,48?,57?/m0/s1. The number of ether oxygens (including phenoxy) is 2. The van der Waals surface area contributed by atoms with Gasteiger partial charge < -0.3 is 77.3 Å². The van der Waals surface area contributed by atoms with Gasteiger partial charge in [-0.05, 0) is 77.7 Å². The van der Waals surface area contributed by atoms with Crippen molar-refractivity contribution in [1.82, 2.24) is 46.6 Å². The molecule has 29 heteroatoms. The van der Waals surface area contributed by atoms with E-state index in [2.05, 4.69) is 54.5 Å². The van der Waals surface area contributed by atoms with Crippen LogP contribution in [-0.2, 0) is 62.2 Å². The van der Waals surface area contributed by atoms with Crippen LogP contribution in [-0.4, -0.2) is 229 Å². The first-order chi connectivity index (χ1) is 40.0. The lowest BCUT2D eigenvalue weighted by Gasteiger charge is -2.41. The summed E-state index contributed by atoms with van der Waals surface area (Å²) >= 11 is 3.14. The largest absolute Gasteiger partial charge is 0.481 e. The van der Waals surface area contributed by atoms with Gasteiger partial charge in [-0.3, -0.25) is 52.8 Å². The van der Waals surface area contributed by atoms with Crippen LogP contribution in [0.4, 0.5) is 0 Å². The first-order valence-electron chi connectivity index (χ1n) is 29.5. The Morgan fingerprint density at radius 3 is 1.78 bits per heavy atom. The Balaban J connectivity index is 3.37. The molecule has 8 amide bonds. The number of carbonyl (C=O) groups is 11. The fourth-order valence-corrected chi connectivity index (χ4v) is 12.4. The number of methoxy groups -OCH3 is 2. The van der Waals surface area contributed by atoms with Crippen LogP contribution in [0.1, 0.15) is 141 Å². The number of halogens is 1. The highest BCUT2D eigenvalue weighted by molar-refractivity contribution is 14.1. The van der Waals surface area contributed by atoms with E-state index in [1.807, 2.05) is 74.3 Å². The normalized spacial score (nSPS) is 19.1. The number of carboxylic acids is 3. The predicted octanol–water partition coefficient (Wildman–Crippen LogP) is 1.28. The Morgan fingerprint density at radius 1 is 0.721 bits per heavy atom. The maximum Gasteiger partial charge on any atom is 0.328 e. The number of amides is 8. The molecule has 1 fully saturated rings. The van der Waals surface area contributed by atoms with Gasteiger partial charge in [0.25, 0.3) is 0 Å². The lowest BCUT2D eigenvalue weighted by Crippen LogP contribution is -2.61. The number of carboxylic acid groups (broad SMARTS) is 3. The molecule has 0 bridgehead atoms. The lowest BCUT2D eigenvalue weighted by atomic mass is 9.89. The molecule has 0 radical (unpaired) electrons. The minimum atomic E-state index is -1.91. The maximum atomic E-state index is 14.6. The number of nitrogens with two attached hydrogens (primary N) is 1. The van der Waals surface area contributed by atoms with E-state index in [0.717, 1.165) is 18.2 Å². The van der Waals surface area contributed by atoms with Crippen molar-refractivity contribution in [2.45, 2.75) is 222 Å². The summed E-state index contributed by atoms with van der Waals surface area (Å²) in [6.07, 6.45) is -2.56. The van der Waals surface area contributed by atoms with Gasteiger partial charge in [-0.15, -0.1) is 11.8 Å². The minimum absolute atomic E-state index is 0.0505. The van der Waals surface area contributed by atoms with Crippen LogP contribution >= 0.6 is 34.4 Å². The highest BCUT2D eigenvalue weighted by atomic mass is 127. The van der Waals surface area contributed by atoms with Crippen LogP contribution < -0.4 is 37.6 Å². The summed E-state index contributed by atoms with van der Waals surface area (Å²) in [5, 5.41) is 53.4. The number of hydrogen-bond donors (Lipinski definition) is 11. The first kappa shape index (κ1) is 79.1. The Hall–Kier alpha value is -4.95. The topological polar surface area (TPSA) is 395 Å². The average Bonchev–Trinajstić information content (AvgIpc) is 1.89. The third kappa shape index (κ3) is 24.2. The van der Waals surface area contributed by atoms with Crippen LogP contribution in [0.5, 0.6) is 0 Å². The Bertz CT molecular complexity index is 2280. The van der Waals surface area contributed by atoms with Crippen molar-refractivity contribution in [2.24, 2.45) is 29.4 Å². The molecule has 0 aliphatic carbocycles. The van der Waals surface area contributed by atoms with E-state index in [-0.39, 0.29) is 54.5 Å². The number of rotatable bonds is 40. The summed E-state index contributed by atoms with van der Waals surface area (Å²) in [6.45, 7) is 21.0. The fraction of sp³-hybridized carbons (Fsp3) is 0.807. The van der Waals surface area contributed by atoms with Gasteiger partial charge in [0, 0.05) is 53.4 Å². The number of alkyl halides is 1. The van der Waals surface area contributed by atoms with Crippen molar-refractivity contribution in [3.8, 4) is 0 Å². The molecule has 0 aromatic rings. The molecule has 27 nitrogen and oxygen atoms in total. The number of likely N-dealkylation sites (tertiary alicyclic amines) is 1. The van der Waals surface area contributed by atoms with Gasteiger partial charge in [0.2, 0.25) is 47.3 Å². The van der Waals surface area contributed by atoms with E-state index in [0.29, 0.717) is 25.7 Å². The highest BCUT2D eigenvalue weighted by Gasteiger charge is 2.45. The maximum absolute atomic E-state index is 14.6. The molecule has 0 aromatic carbocycles. The van der Waals surface area contributed by atoms with Gasteiger partial charge in [0.15, 0.2) is 0 Å². The molecule has 1 aliphatic heterocycles. The number of aliphatic hydroxyl groups is 1. The van der Waals surface area contributed by atoms with E-state index < -0.39 is 160 Å². The van der Waals surface area contributed by atoms with Gasteiger partial charge in [0.05, 0.1) is 63.2 Å². The van der Waals surface area contributed by atoms with Gasteiger partial charge in [-0.2, -0.15) is 0 Å². The van der Waals surface area contributed by atoms with Crippen LogP contribution in [0, 0.1) is 23.7 Å². The first-order valence-corrected chi connectivity index (χ1v) is 31.5. The second kappa shape index (κ2) is 37.8. The summed E-state index contributed by atoms with van der Waals surface area (Å²) in [7, 11) is 6.37. The summed E-state index contributed by atoms with van der Waals surface area (Å²) in [4.78, 5) is 152. The SMILES string of the molecule is CCC(C)N(C)[C@H](C(=O)N[C@H](C(=O)N(C)[C@@H]([C@@H](C)CC)[C@@H](CC(=O)N1CCC[C@H]1C(OC)[C@@H](C)C(=O)N[C@H](C(=O)N[C@@H](CCC(=O)O)C(=O)N[C@@H](CNC(=O)[C@H](CN)NC(=O)C(CC(=O)O)SC(C)(I)CC)C(=O)O)C(C)O)OC)C(C)C)C(C)C. The molecule has 0 saturated carbocycles. The molecule has 0 aromatic heterocycles. The molecule has 5 unspecified atom stereocenters. The minimum Gasteiger partial charge on any atom is -0.481 e. The second-order valence-corrected chi connectivity index (χ2v) is 28.1. The Kier molecular flexibility index (Phi) is 34.7. The van der Waals surface area contributed by atoms with E-state index in [9.17, 15) is 73.2 Å². The zero-order valence-electron chi connectivity index (χ0n) is 53.1. The molecule has 1 aliphatic rings. The summed E-state index contributed by atoms with van der Waals surface area (Å²) in [5.74, 6) is -11.9. The molecule has 12 N–H and O–H groups in total. The number of nitrogens with zero attached hydrogens (tertiary/aromatic N) is 3. The number of thioether (sulfide) groups is 1. The van der Waals surface area contributed by atoms with Gasteiger partial charge in [-0.1, -0.05) is 91.3 Å². The molecule has 494 valence electrons. The zero-order valence-corrected chi connectivity index (χ0v) is 56.1. The van der Waals surface area contributed by atoms with Gasteiger partial charge in [-0.25, -0.2) is 4.79 Å². The van der Waals surface area contributed by atoms with E-state index in [4.69, 9.17) is 15.2 Å². The summed E-state index contributed by atoms with van der Waals surface area (Å²) < 4.78 is 11.4. The van der Waals surface area contributed by atoms with Crippen molar-refractivity contribution in [2.75, 3.05) is 47.9 Å². The highest BCUT2D eigenvalue weighted by Crippen LogP contribution is 2.40. The number of aliphatic hydroxyl groups excluding tert-OH is 1. The van der Waals surface area contributed by atoms with Crippen molar-refractivity contribution in [3.05, 3.63) is 0 Å². The molecule has 1 rings (SSSR count). The van der Waals surface area contributed by atoms with Gasteiger partial charge in [0.1, 0.15) is 30.2 Å². The van der Waals surface area contributed by atoms with Crippen molar-refractivity contribution in [1.29, 1.82) is 0 Å². The smallest absolute Gasteiger partial charge is 0.328 e. The number of nitrogens with one attached hydrogen (secondary N) is 6. The van der Waals surface area contributed by atoms with Crippen LogP contribution in [0.15, 0.2) is 0 Å². The number of carbonyl (C=O) groups excluding carboxylic acids is 8. The molecular formula is C57H101IN10O17S. The summed E-state index contributed by atoms with van der Waals surface area (Å²) in [5.41, 5.74) is 5.76. The number of likely N-dealkylation sites (N-methyl/N-ethyl adjacent to an activating group) is 2. The Labute approximate surface area is 525 Å². The van der Waals surface area contributed by atoms with Gasteiger partial charge >= 0.3 is 17.9 Å². The quantitative estimate of drug-likeness (QED) is 0.0304. The third-order valence-corrected chi connectivity index (χ3v) is 19.1. The van der Waals surface area contributed by atoms with Crippen molar-refractivity contribution in [3.63, 3.8) is 0 Å². The van der Waals surface area contributed by atoms with E-state index in [1.165, 1.54) is 28.1 Å². The van der Waals surface area contributed by atoms with Crippen LogP contribution in [0.2, 0.25) is 0 Å². The Morgan fingerprint density at radius 2 is 1.30 bits per heavy atom. The number of hydrogen-bond acceptors (Lipinski definition) is 17. The van der Waals surface area contributed by atoms with Crippen LogP contribution in [0.25, 0.3) is 0 Å². The fourth-order valence-electron chi connectivity index (χ4n) is 10.3. The molecule has 1 heterocycles. The van der Waals surface area contributed by atoms with E-state index >= 15 is 0 Å². The van der Waals surface area contributed by atoms with Crippen LogP contribution in [0.3, 0.4) is 0 Å². The second-order valence-electron chi connectivity index (χ2n) is 23.3.